The van der Waals surface area contributed by atoms with E-state index in [0.717, 1.165) is 5.56 Å². The molecule has 1 N–H and O–H groups in total. The highest BCUT2D eigenvalue weighted by molar-refractivity contribution is 6.29. The minimum absolute atomic E-state index is 0.000535. The van der Waals surface area contributed by atoms with Gasteiger partial charge in [-0.05, 0) is 18.7 Å². The lowest BCUT2D eigenvalue weighted by Gasteiger charge is -2.15. The Hall–Kier alpha value is -1.13. The van der Waals surface area contributed by atoms with E-state index in [9.17, 15) is 4.79 Å². The maximum atomic E-state index is 11.1. The average Bonchev–Trinajstić information content (AvgIpc) is 2.21. The Morgan fingerprint density at radius 3 is 2.87 bits per heavy atom. The van der Waals surface area contributed by atoms with Gasteiger partial charge in [0, 0.05) is 19.8 Å². The highest BCUT2D eigenvalue weighted by Gasteiger charge is 2.05. The summed E-state index contributed by atoms with van der Waals surface area (Å²) in [6.45, 7) is 1.05. The number of nitrogens with zero attached hydrogens (tertiary/aromatic N) is 2. The SMILES string of the molecule is CNC(=O)CN(C)Cc1ccc(Cl)nc1. The lowest BCUT2D eigenvalue weighted by Crippen LogP contribution is -2.32. The molecule has 0 atom stereocenters. The van der Waals surface area contributed by atoms with Gasteiger partial charge in [-0.3, -0.25) is 9.69 Å². The molecule has 0 aromatic carbocycles. The number of carbonyl (C=O) groups is 1. The first-order chi connectivity index (χ1) is 7.11. The van der Waals surface area contributed by atoms with Crippen LogP contribution in [0.5, 0.6) is 0 Å². The van der Waals surface area contributed by atoms with E-state index in [-0.39, 0.29) is 5.91 Å². The summed E-state index contributed by atoms with van der Waals surface area (Å²) in [5, 5.41) is 3.05. The summed E-state index contributed by atoms with van der Waals surface area (Å²) >= 11 is 5.67. The molecule has 4 nitrogen and oxygen atoms in total. The van der Waals surface area contributed by atoms with Crippen LogP contribution in [0.1, 0.15) is 5.56 Å². The third kappa shape index (κ3) is 4.27. The molecule has 0 unspecified atom stereocenters. The van der Waals surface area contributed by atoms with Gasteiger partial charge >= 0.3 is 0 Å². The molecule has 0 saturated carbocycles. The Labute approximate surface area is 94.3 Å². The molecule has 82 valence electrons. The van der Waals surface area contributed by atoms with Crippen LogP contribution >= 0.6 is 11.6 Å². The molecule has 0 radical (unpaired) electrons. The van der Waals surface area contributed by atoms with Crippen molar-refractivity contribution in [2.24, 2.45) is 0 Å². The first-order valence-electron chi connectivity index (χ1n) is 4.61. The van der Waals surface area contributed by atoms with Crippen molar-refractivity contribution in [1.82, 2.24) is 15.2 Å². The Bertz CT molecular complexity index is 326. The van der Waals surface area contributed by atoms with E-state index in [1.165, 1.54) is 0 Å². The second-order valence-electron chi connectivity index (χ2n) is 3.33. The smallest absolute Gasteiger partial charge is 0.233 e. The number of pyridine rings is 1. The lowest BCUT2D eigenvalue weighted by molar-refractivity contribution is -0.121. The van der Waals surface area contributed by atoms with Crippen LogP contribution in [0.15, 0.2) is 18.3 Å². The quantitative estimate of drug-likeness (QED) is 0.778. The fraction of sp³-hybridized carbons (Fsp3) is 0.400. The van der Waals surface area contributed by atoms with Gasteiger partial charge < -0.3 is 5.32 Å². The number of amides is 1. The lowest BCUT2D eigenvalue weighted by atomic mass is 10.3. The molecule has 1 amide bonds. The number of carbonyl (C=O) groups excluding carboxylic acids is 1. The van der Waals surface area contributed by atoms with Crippen LogP contribution in [0.25, 0.3) is 0 Å². The Morgan fingerprint density at radius 1 is 1.60 bits per heavy atom. The normalized spacial score (nSPS) is 10.4. The molecule has 15 heavy (non-hydrogen) atoms. The summed E-state index contributed by atoms with van der Waals surface area (Å²) < 4.78 is 0. The highest BCUT2D eigenvalue weighted by atomic mass is 35.5. The van der Waals surface area contributed by atoms with Crippen LogP contribution < -0.4 is 5.32 Å². The van der Waals surface area contributed by atoms with Gasteiger partial charge in [0.15, 0.2) is 0 Å². The number of rotatable bonds is 4. The topological polar surface area (TPSA) is 45.2 Å². The van der Waals surface area contributed by atoms with Crippen LogP contribution in [0.2, 0.25) is 5.15 Å². The number of halogens is 1. The number of aromatic nitrogens is 1. The highest BCUT2D eigenvalue weighted by Crippen LogP contribution is 2.06. The first kappa shape index (κ1) is 11.9. The van der Waals surface area contributed by atoms with Crippen LogP contribution in [-0.2, 0) is 11.3 Å². The van der Waals surface area contributed by atoms with Crippen molar-refractivity contribution in [3.8, 4) is 0 Å². The zero-order chi connectivity index (χ0) is 11.3. The van der Waals surface area contributed by atoms with Crippen LogP contribution in [-0.4, -0.2) is 36.4 Å². The van der Waals surface area contributed by atoms with Crippen molar-refractivity contribution in [3.63, 3.8) is 0 Å². The predicted octanol–water partition coefficient (Wildman–Crippen LogP) is 0.913. The van der Waals surface area contributed by atoms with E-state index in [1.807, 2.05) is 18.0 Å². The monoisotopic (exact) mass is 227 g/mol. The summed E-state index contributed by atoms with van der Waals surface area (Å²) in [6.07, 6.45) is 1.71. The van der Waals surface area contributed by atoms with Gasteiger partial charge in [0.25, 0.3) is 0 Å². The van der Waals surface area contributed by atoms with Crippen molar-refractivity contribution in [3.05, 3.63) is 29.0 Å². The molecule has 0 saturated heterocycles. The van der Waals surface area contributed by atoms with Gasteiger partial charge in [-0.25, -0.2) is 4.98 Å². The molecular weight excluding hydrogens is 214 g/mol. The third-order valence-corrected chi connectivity index (χ3v) is 2.16. The van der Waals surface area contributed by atoms with Gasteiger partial charge in [-0.1, -0.05) is 17.7 Å². The molecule has 1 heterocycles. The molecule has 1 rings (SSSR count). The predicted molar refractivity (Wildman–Crippen MR) is 59.6 cm³/mol. The molecule has 0 fully saturated rings. The fourth-order valence-electron chi connectivity index (χ4n) is 1.19. The second-order valence-corrected chi connectivity index (χ2v) is 3.72. The molecule has 0 aliphatic rings. The van der Waals surface area contributed by atoms with Gasteiger partial charge in [0.1, 0.15) is 5.15 Å². The largest absolute Gasteiger partial charge is 0.358 e. The molecule has 0 aliphatic heterocycles. The molecule has 1 aromatic heterocycles. The van der Waals surface area contributed by atoms with E-state index >= 15 is 0 Å². The van der Waals surface area contributed by atoms with Crippen LogP contribution in [0.3, 0.4) is 0 Å². The standard InChI is InChI=1S/C10H14ClN3O/c1-12-10(15)7-14(2)6-8-3-4-9(11)13-5-8/h3-5H,6-7H2,1-2H3,(H,12,15). The molecule has 0 spiro atoms. The molecule has 0 aliphatic carbocycles. The maximum Gasteiger partial charge on any atom is 0.233 e. The average molecular weight is 228 g/mol. The Morgan fingerprint density at radius 2 is 2.33 bits per heavy atom. The maximum absolute atomic E-state index is 11.1. The Balaban J connectivity index is 2.47. The van der Waals surface area contributed by atoms with Crippen LogP contribution in [0, 0.1) is 0 Å². The van der Waals surface area contributed by atoms with Gasteiger partial charge in [0.05, 0.1) is 6.54 Å². The van der Waals surface area contributed by atoms with Gasteiger partial charge in [-0.2, -0.15) is 0 Å². The number of nitrogens with one attached hydrogen (secondary N) is 1. The van der Waals surface area contributed by atoms with E-state index in [1.54, 1.807) is 19.3 Å². The minimum atomic E-state index is -0.000535. The third-order valence-electron chi connectivity index (χ3n) is 1.93. The molecule has 5 heteroatoms. The van der Waals surface area contributed by atoms with E-state index in [0.29, 0.717) is 18.2 Å². The zero-order valence-electron chi connectivity index (χ0n) is 8.83. The summed E-state index contributed by atoms with van der Waals surface area (Å²) in [5.41, 5.74) is 1.03. The number of likely N-dealkylation sites (N-methyl/N-ethyl adjacent to an activating group) is 2. The van der Waals surface area contributed by atoms with Crippen molar-refractivity contribution < 1.29 is 4.79 Å². The molecule has 1 aromatic rings. The van der Waals surface area contributed by atoms with E-state index in [4.69, 9.17) is 11.6 Å². The van der Waals surface area contributed by atoms with E-state index in [2.05, 4.69) is 10.3 Å². The summed E-state index contributed by atoms with van der Waals surface area (Å²) in [5.74, 6) is -0.000535. The van der Waals surface area contributed by atoms with Crippen molar-refractivity contribution >= 4 is 17.5 Å². The molecule has 0 bridgehead atoms. The van der Waals surface area contributed by atoms with Gasteiger partial charge in [-0.15, -0.1) is 0 Å². The number of hydrogen-bond acceptors (Lipinski definition) is 3. The van der Waals surface area contributed by atoms with Gasteiger partial charge in [0.2, 0.25) is 5.91 Å². The van der Waals surface area contributed by atoms with Crippen molar-refractivity contribution in [2.75, 3.05) is 20.6 Å². The van der Waals surface area contributed by atoms with Crippen molar-refractivity contribution in [1.29, 1.82) is 0 Å². The van der Waals surface area contributed by atoms with Crippen molar-refractivity contribution in [2.45, 2.75) is 6.54 Å². The number of hydrogen-bond donors (Lipinski definition) is 1. The summed E-state index contributed by atoms with van der Waals surface area (Å²) in [4.78, 5) is 17.0. The van der Waals surface area contributed by atoms with Crippen LogP contribution in [0.4, 0.5) is 0 Å². The summed E-state index contributed by atoms with van der Waals surface area (Å²) in [6, 6.07) is 3.64. The minimum Gasteiger partial charge on any atom is -0.358 e. The zero-order valence-corrected chi connectivity index (χ0v) is 9.58. The first-order valence-corrected chi connectivity index (χ1v) is 4.99. The summed E-state index contributed by atoms with van der Waals surface area (Å²) in [7, 11) is 3.50. The second kappa shape index (κ2) is 5.68. The molecular formula is C10H14ClN3O. The Kier molecular flexibility index (Phi) is 4.52. The van der Waals surface area contributed by atoms with E-state index < -0.39 is 0 Å². The fourth-order valence-corrected chi connectivity index (χ4v) is 1.30.